The van der Waals surface area contributed by atoms with E-state index in [1.54, 1.807) is 12.1 Å². The summed E-state index contributed by atoms with van der Waals surface area (Å²) in [4.78, 5) is 0. The average Bonchev–Trinajstić information content (AvgIpc) is 2.47. The van der Waals surface area contributed by atoms with Gasteiger partial charge in [0.15, 0.2) is 11.6 Å². The lowest BCUT2D eigenvalue weighted by atomic mass is 10.1. The zero-order valence-corrected chi connectivity index (χ0v) is 12.1. The van der Waals surface area contributed by atoms with Crippen LogP contribution in [0.25, 0.3) is 0 Å². The molecule has 0 aliphatic rings. The lowest BCUT2D eigenvalue weighted by Crippen LogP contribution is -2.21. The zero-order valence-electron chi connectivity index (χ0n) is 11.4. The average molecular weight is 313 g/mol. The SMILES string of the molecule is COc1cc(NC(CN)c2ccc(F)cc2Cl)ccc1F. The molecule has 0 saturated carbocycles. The Morgan fingerprint density at radius 1 is 1.24 bits per heavy atom. The third-order valence-corrected chi connectivity index (χ3v) is 3.39. The Bertz CT molecular complexity index is 637. The van der Waals surface area contributed by atoms with Crippen molar-refractivity contribution < 1.29 is 13.5 Å². The molecule has 1 unspecified atom stereocenters. The van der Waals surface area contributed by atoms with Gasteiger partial charge in [0.25, 0.3) is 0 Å². The van der Waals surface area contributed by atoms with E-state index in [-0.39, 0.29) is 23.4 Å². The van der Waals surface area contributed by atoms with Crippen molar-refractivity contribution in [2.24, 2.45) is 5.73 Å². The highest BCUT2D eigenvalue weighted by Crippen LogP contribution is 2.28. The monoisotopic (exact) mass is 312 g/mol. The highest BCUT2D eigenvalue weighted by atomic mass is 35.5. The molecule has 3 nitrogen and oxygen atoms in total. The first-order valence-corrected chi connectivity index (χ1v) is 6.68. The molecule has 0 aromatic heterocycles. The van der Waals surface area contributed by atoms with E-state index in [9.17, 15) is 8.78 Å². The molecule has 0 bridgehead atoms. The summed E-state index contributed by atoms with van der Waals surface area (Å²) in [6, 6.07) is 8.17. The van der Waals surface area contributed by atoms with E-state index in [1.165, 1.54) is 31.4 Å². The third kappa shape index (κ3) is 3.62. The number of nitrogens with one attached hydrogen (secondary N) is 1. The van der Waals surface area contributed by atoms with Crippen molar-refractivity contribution in [2.45, 2.75) is 6.04 Å². The fourth-order valence-corrected chi connectivity index (χ4v) is 2.30. The van der Waals surface area contributed by atoms with Gasteiger partial charge in [0.1, 0.15) is 5.82 Å². The summed E-state index contributed by atoms with van der Waals surface area (Å²) in [6.45, 7) is 0.241. The molecule has 2 rings (SSSR count). The molecule has 1 atom stereocenters. The number of halogens is 3. The molecule has 21 heavy (non-hydrogen) atoms. The second-order valence-electron chi connectivity index (χ2n) is 4.45. The van der Waals surface area contributed by atoms with E-state index in [0.717, 1.165) is 0 Å². The lowest BCUT2D eigenvalue weighted by Gasteiger charge is -2.20. The maximum absolute atomic E-state index is 13.4. The van der Waals surface area contributed by atoms with Gasteiger partial charge in [-0.25, -0.2) is 8.78 Å². The normalized spacial score (nSPS) is 12.0. The van der Waals surface area contributed by atoms with Crippen molar-refractivity contribution in [3.8, 4) is 5.75 Å². The molecule has 0 saturated heterocycles. The molecular formula is C15H15ClF2N2O. The van der Waals surface area contributed by atoms with Crippen molar-refractivity contribution in [3.63, 3.8) is 0 Å². The van der Waals surface area contributed by atoms with Gasteiger partial charge in [0.05, 0.1) is 13.2 Å². The number of hydrogen-bond donors (Lipinski definition) is 2. The molecule has 0 amide bonds. The predicted molar refractivity (Wildman–Crippen MR) is 79.8 cm³/mol. The third-order valence-electron chi connectivity index (χ3n) is 3.07. The molecule has 0 fully saturated rings. The van der Waals surface area contributed by atoms with Crippen LogP contribution in [-0.2, 0) is 0 Å². The van der Waals surface area contributed by atoms with Crippen molar-refractivity contribution in [1.29, 1.82) is 0 Å². The number of hydrogen-bond acceptors (Lipinski definition) is 3. The Hall–Kier alpha value is -1.85. The Morgan fingerprint density at radius 3 is 2.62 bits per heavy atom. The minimum atomic E-state index is -0.452. The van der Waals surface area contributed by atoms with Gasteiger partial charge in [-0.15, -0.1) is 0 Å². The summed E-state index contributed by atoms with van der Waals surface area (Å²) in [5.41, 5.74) is 7.04. The maximum atomic E-state index is 13.4. The highest BCUT2D eigenvalue weighted by molar-refractivity contribution is 6.31. The minimum Gasteiger partial charge on any atom is -0.494 e. The second kappa shape index (κ2) is 6.74. The molecule has 0 aliphatic carbocycles. The van der Waals surface area contributed by atoms with Gasteiger partial charge in [-0.1, -0.05) is 17.7 Å². The summed E-state index contributed by atoms with van der Waals surface area (Å²) in [6.07, 6.45) is 0. The number of benzene rings is 2. The Kier molecular flexibility index (Phi) is 4.98. The minimum absolute atomic E-state index is 0.126. The van der Waals surface area contributed by atoms with Crippen LogP contribution in [0.3, 0.4) is 0 Å². The molecule has 112 valence electrons. The smallest absolute Gasteiger partial charge is 0.165 e. The molecule has 3 N–H and O–H groups in total. The van der Waals surface area contributed by atoms with Crippen LogP contribution < -0.4 is 15.8 Å². The molecular weight excluding hydrogens is 298 g/mol. The topological polar surface area (TPSA) is 47.3 Å². The lowest BCUT2D eigenvalue weighted by molar-refractivity contribution is 0.386. The van der Waals surface area contributed by atoms with Crippen LogP contribution >= 0.6 is 11.6 Å². The summed E-state index contributed by atoms with van der Waals surface area (Å²) in [5, 5.41) is 3.41. The van der Waals surface area contributed by atoms with E-state index in [1.807, 2.05) is 0 Å². The van der Waals surface area contributed by atoms with E-state index < -0.39 is 11.6 Å². The van der Waals surface area contributed by atoms with Crippen molar-refractivity contribution in [1.82, 2.24) is 0 Å². The predicted octanol–water partition coefficient (Wildman–Crippen LogP) is 3.74. The van der Waals surface area contributed by atoms with Gasteiger partial charge in [-0.05, 0) is 29.8 Å². The van der Waals surface area contributed by atoms with E-state index >= 15 is 0 Å². The fourth-order valence-electron chi connectivity index (χ4n) is 2.00. The standard InChI is InChI=1S/C15H15ClF2N2O/c1-21-15-7-10(3-5-13(15)18)20-14(8-19)11-4-2-9(17)6-12(11)16/h2-7,14,20H,8,19H2,1H3. The molecule has 2 aromatic carbocycles. The van der Waals surface area contributed by atoms with E-state index in [0.29, 0.717) is 11.3 Å². The highest BCUT2D eigenvalue weighted by Gasteiger charge is 2.14. The van der Waals surface area contributed by atoms with Gasteiger partial charge in [-0.3, -0.25) is 0 Å². The largest absolute Gasteiger partial charge is 0.494 e. The summed E-state index contributed by atoms with van der Waals surface area (Å²) in [5.74, 6) is -0.740. The van der Waals surface area contributed by atoms with Gasteiger partial charge < -0.3 is 15.8 Å². The van der Waals surface area contributed by atoms with Crippen molar-refractivity contribution in [3.05, 3.63) is 58.6 Å². The van der Waals surface area contributed by atoms with Gasteiger partial charge in [0, 0.05) is 23.3 Å². The first-order valence-electron chi connectivity index (χ1n) is 6.30. The van der Waals surface area contributed by atoms with Crippen molar-refractivity contribution in [2.75, 3.05) is 19.0 Å². The zero-order chi connectivity index (χ0) is 15.4. The van der Waals surface area contributed by atoms with Gasteiger partial charge in [0.2, 0.25) is 0 Å². The van der Waals surface area contributed by atoms with Gasteiger partial charge in [-0.2, -0.15) is 0 Å². The molecule has 2 aromatic rings. The summed E-state index contributed by atoms with van der Waals surface area (Å²) in [7, 11) is 1.39. The number of methoxy groups -OCH3 is 1. The molecule has 0 spiro atoms. The number of ether oxygens (including phenoxy) is 1. The molecule has 0 aliphatic heterocycles. The second-order valence-corrected chi connectivity index (χ2v) is 4.85. The quantitative estimate of drug-likeness (QED) is 0.884. The fraction of sp³-hybridized carbons (Fsp3) is 0.200. The Balaban J connectivity index is 2.26. The summed E-state index contributed by atoms with van der Waals surface area (Å²) >= 11 is 6.03. The van der Waals surface area contributed by atoms with Crippen LogP contribution in [0.15, 0.2) is 36.4 Å². The van der Waals surface area contributed by atoms with Crippen LogP contribution in [0, 0.1) is 11.6 Å². The van der Waals surface area contributed by atoms with Crippen LogP contribution in [0.1, 0.15) is 11.6 Å². The number of anilines is 1. The van der Waals surface area contributed by atoms with Crippen LogP contribution in [0.5, 0.6) is 5.75 Å². The number of rotatable bonds is 5. The first kappa shape index (κ1) is 15.5. The number of nitrogens with two attached hydrogens (primary N) is 1. The maximum Gasteiger partial charge on any atom is 0.165 e. The summed E-state index contributed by atoms with van der Waals surface area (Å²) < 4.78 is 31.4. The molecule has 6 heteroatoms. The Labute approximate surface area is 126 Å². The molecule has 0 heterocycles. The van der Waals surface area contributed by atoms with Crippen molar-refractivity contribution >= 4 is 17.3 Å². The van der Waals surface area contributed by atoms with Crippen LogP contribution in [-0.4, -0.2) is 13.7 Å². The van der Waals surface area contributed by atoms with Crippen LogP contribution in [0.2, 0.25) is 5.02 Å². The Morgan fingerprint density at radius 2 is 2.00 bits per heavy atom. The van der Waals surface area contributed by atoms with E-state index in [2.05, 4.69) is 5.32 Å². The molecule has 0 radical (unpaired) electrons. The first-order chi connectivity index (χ1) is 10.0. The van der Waals surface area contributed by atoms with Crippen LogP contribution in [0.4, 0.5) is 14.5 Å². The van der Waals surface area contributed by atoms with E-state index in [4.69, 9.17) is 22.1 Å². The van der Waals surface area contributed by atoms with Gasteiger partial charge >= 0.3 is 0 Å².